The van der Waals surface area contributed by atoms with Gasteiger partial charge in [-0.1, -0.05) is 103 Å². The van der Waals surface area contributed by atoms with Gasteiger partial charge in [0.25, 0.3) is 0 Å². The number of para-hydroxylation sites is 4. The number of hydrogen-bond acceptors (Lipinski definition) is 3. The highest BCUT2D eigenvalue weighted by molar-refractivity contribution is 6.22. The largest absolute Gasteiger partial charge is 0.317 e. The van der Waals surface area contributed by atoms with E-state index in [0.29, 0.717) is 17.7 Å². The summed E-state index contributed by atoms with van der Waals surface area (Å²) in [6.45, 7) is 0. The lowest BCUT2D eigenvalue weighted by molar-refractivity contribution is 0.893. The van der Waals surface area contributed by atoms with E-state index in [2.05, 4.69) is 188 Å². The van der Waals surface area contributed by atoms with E-state index in [9.17, 15) is 0 Å². The maximum Gasteiger partial charge on any atom is 0.240 e. The number of aromatic nitrogens is 7. The van der Waals surface area contributed by atoms with Crippen LogP contribution in [-0.2, 0) is 0 Å². The van der Waals surface area contributed by atoms with E-state index in [1.165, 1.54) is 10.8 Å². The lowest BCUT2D eigenvalue weighted by atomic mass is 10.1. The Kier molecular flexibility index (Phi) is 6.50. The number of nitrogens with zero attached hydrogens (tertiary/aromatic N) is 7. The van der Waals surface area contributed by atoms with Crippen LogP contribution in [0.3, 0.4) is 0 Å². The van der Waals surface area contributed by atoms with Gasteiger partial charge in [-0.2, -0.15) is 15.0 Å². The van der Waals surface area contributed by atoms with Crippen LogP contribution in [0.2, 0.25) is 0 Å². The van der Waals surface area contributed by atoms with Crippen LogP contribution in [-0.4, -0.2) is 33.2 Å². The van der Waals surface area contributed by atoms with Gasteiger partial charge in [-0.25, -0.2) is 0 Å². The molecule has 0 aliphatic heterocycles. The number of fused-ring (bicyclic) bond motifs is 10. The molecule has 5 heterocycles. The van der Waals surface area contributed by atoms with E-state index in [4.69, 9.17) is 15.0 Å². The summed E-state index contributed by atoms with van der Waals surface area (Å²) in [6.07, 6.45) is 4.32. The quantitative estimate of drug-likeness (QED) is 0.178. The molecule has 0 radical (unpaired) electrons. The third kappa shape index (κ3) is 4.42. The smallest absolute Gasteiger partial charge is 0.240 e. The normalized spacial score (nSPS) is 11.9. The van der Waals surface area contributed by atoms with E-state index in [1.807, 2.05) is 18.2 Å². The number of benzene rings is 7. The minimum absolute atomic E-state index is 0.559. The zero-order valence-corrected chi connectivity index (χ0v) is 30.0. The van der Waals surface area contributed by atoms with Gasteiger partial charge in [-0.15, -0.1) is 0 Å². The lowest BCUT2D eigenvalue weighted by Gasteiger charge is -2.13. The molecule has 12 aromatic rings. The molecule has 56 heavy (non-hydrogen) atoms. The van der Waals surface area contributed by atoms with Gasteiger partial charge >= 0.3 is 0 Å². The van der Waals surface area contributed by atoms with Crippen molar-refractivity contribution in [1.29, 1.82) is 0 Å². The molecule has 0 bridgehead atoms. The Morgan fingerprint density at radius 1 is 0.304 bits per heavy atom. The van der Waals surface area contributed by atoms with Crippen molar-refractivity contribution >= 4 is 65.4 Å². The first-order valence-corrected chi connectivity index (χ1v) is 18.8. The standard InChI is InChI=1S/C49H31N7/c1-4-14-32(15-5-1)47-50-48(55-41-22-12-10-20-35(41)45-37-28-30-53(33-16-6-2-7-17-33)39(37)24-26-43(45)55)52-49(51-47)56-42-23-13-11-21-36(42)46-38-29-31-54(34-18-8-3-9-19-34)40(38)25-27-44(46)56/h1-31H. The molecule has 7 heteroatoms. The second-order valence-electron chi connectivity index (χ2n) is 14.2. The van der Waals surface area contributed by atoms with Crippen LogP contribution < -0.4 is 0 Å². The molecule has 0 unspecified atom stereocenters. The Bertz CT molecular complexity index is 3250. The first kappa shape index (κ1) is 30.7. The molecule has 7 aromatic carbocycles. The highest BCUT2D eigenvalue weighted by Crippen LogP contribution is 2.40. The highest BCUT2D eigenvalue weighted by Gasteiger charge is 2.23. The van der Waals surface area contributed by atoms with Crippen molar-refractivity contribution in [3.05, 3.63) is 188 Å². The molecular weight excluding hydrogens is 687 g/mol. The molecule has 262 valence electrons. The van der Waals surface area contributed by atoms with Crippen molar-refractivity contribution in [2.24, 2.45) is 0 Å². The van der Waals surface area contributed by atoms with Gasteiger partial charge in [-0.3, -0.25) is 9.13 Å². The van der Waals surface area contributed by atoms with Crippen LogP contribution in [0.1, 0.15) is 0 Å². The maximum atomic E-state index is 5.40. The zero-order chi connectivity index (χ0) is 36.7. The molecule has 0 aliphatic rings. The summed E-state index contributed by atoms with van der Waals surface area (Å²) in [5.74, 6) is 1.73. The summed E-state index contributed by atoms with van der Waals surface area (Å²) in [5.41, 5.74) is 9.59. The van der Waals surface area contributed by atoms with E-state index < -0.39 is 0 Å². The Labute approximate surface area is 320 Å². The van der Waals surface area contributed by atoms with Gasteiger partial charge in [0.1, 0.15) is 0 Å². The average molecular weight is 718 g/mol. The van der Waals surface area contributed by atoms with Gasteiger partial charge in [0.15, 0.2) is 5.82 Å². The van der Waals surface area contributed by atoms with Crippen molar-refractivity contribution in [2.75, 3.05) is 0 Å². The predicted molar refractivity (Wildman–Crippen MR) is 228 cm³/mol. The predicted octanol–water partition coefficient (Wildman–Crippen LogP) is 11.6. The number of hydrogen-bond donors (Lipinski definition) is 0. The minimum atomic E-state index is 0.559. The molecule has 0 amide bonds. The van der Waals surface area contributed by atoms with Gasteiger partial charge in [0, 0.05) is 61.6 Å². The molecule has 0 saturated heterocycles. The van der Waals surface area contributed by atoms with Crippen molar-refractivity contribution in [2.45, 2.75) is 0 Å². The van der Waals surface area contributed by atoms with Crippen LogP contribution in [0.15, 0.2) is 188 Å². The van der Waals surface area contributed by atoms with Crippen molar-refractivity contribution in [3.8, 4) is 34.7 Å². The monoisotopic (exact) mass is 717 g/mol. The molecular formula is C49H31N7. The molecule has 0 atom stereocenters. The topological polar surface area (TPSA) is 58.4 Å². The Morgan fingerprint density at radius 3 is 1.18 bits per heavy atom. The first-order valence-electron chi connectivity index (χ1n) is 18.8. The van der Waals surface area contributed by atoms with E-state index in [-0.39, 0.29) is 0 Å². The van der Waals surface area contributed by atoms with Gasteiger partial charge in [0.05, 0.1) is 33.1 Å². The van der Waals surface area contributed by atoms with Crippen LogP contribution in [0, 0.1) is 0 Å². The molecule has 7 nitrogen and oxygen atoms in total. The second-order valence-corrected chi connectivity index (χ2v) is 14.2. The summed E-state index contributed by atoms with van der Waals surface area (Å²) in [4.78, 5) is 15.9. The average Bonchev–Trinajstić information content (AvgIpc) is 4.05. The molecule has 5 aromatic heterocycles. The fourth-order valence-electron chi connectivity index (χ4n) is 8.70. The lowest BCUT2D eigenvalue weighted by Crippen LogP contribution is -2.10. The molecule has 0 N–H and O–H groups in total. The van der Waals surface area contributed by atoms with Crippen molar-refractivity contribution in [1.82, 2.24) is 33.2 Å². The Hall–Kier alpha value is -7.77. The summed E-state index contributed by atoms with van der Waals surface area (Å²) >= 11 is 0. The van der Waals surface area contributed by atoms with Crippen LogP contribution >= 0.6 is 0 Å². The highest BCUT2D eigenvalue weighted by atomic mass is 15.3. The molecule has 0 saturated carbocycles. The van der Waals surface area contributed by atoms with Gasteiger partial charge < -0.3 is 9.13 Å². The van der Waals surface area contributed by atoms with E-state index in [0.717, 1.165) is 71.6 Å². The third-order valence-corrected chi connectivity index (χ3v) is 11.1. The summed E-state index contributed by atoms with van der Waals surface area (Å²) in [6, 6.07) is 61.6. The minimum Gasteiger partial charge on any atom is -0.317 e. The van der Waals surface area contributed by atoms with Gasteiger partial charge in [0.2, 0.25) is 11.9 Å². The molecule has 12 rings (SSSR count). The van der Waals surface area contributed by atoms with E-state index in [1.54, 1.807) is 0 Å². The second kappa shape index (κ2) is 11.9. The van der Waals surface area contributed by atoms with Gasteiger partial charge in [-0.05, 0) is 72.8 Å². The molecule has 0 aliphatic carbocycles. The van der Waals surface area contributed by atoms with Crippen LogP contribution in [0.25, 0.3) is 100 Å². The van der Waals surface area contributed by atoms with Crippen molar-refractivity contribution in [3.63, 3.8) is 0 Å². The molecule has 0 spiro atoms. The fourth-order valence-corrected chi connectivity index (χ4v) is 8.70. The summed E-state index contributed by atoms with van der Waals surface area (Å²) in [5, 5.41) is 6.96. The summed E-state index contributed by atoms with van der Waals surface area (Å²) < 4.78 is 8.91. The summed E-state index contributed by atoms with van der Waals surface area (Å²) in [7, 11) is 0. The third-order valence-electron chi connectivity index (χ3n) is 11.1. The van der Waals surface area contributed by atoms with E-state index >= 15 is 0 Å². The zero-order valence-electron chi connectivity index (χ0n) is 30.0. The maximum absolute atomic E-state index is 5.40. The van der Waals surface area contributed by atoms with Crippen LogP contribution in [0.4, 0.5) is 0 Å². The van der Waals surface area contributed by atoms with Crippen LogP contribution in [0.5, 0.6) is 0 Å². The first-order chi connectivity index (χ1) is 27.8. The number of rotatable bonds is 5. The molecule has 0 fully saturated rings. The SMILES string of the molecule is c1ccc(-c2nc(-n3c4ccccc4c4c5ccn(-c6ccccc6)c5ccc43)nc(-n3c4ccccc4c4c5ccn(-c6ccccc6)c5ccc43)n2)cc1. The van der Waals surface area contributed by atoms with Crippen molar-refractivity contribution < 1.29 is 0 Å². The fraction of sp³-hybridized carbons (Fsp3) is 0. The Morgan fingerprint density at radius 2 is 0.696 bits per heavy atom. The Balaban J connectivity index is 1.15.